The number of allylic oxidation sites excluding steroid dienone is 1. The number of amides is 1. The van der Waals surface area contributed by atoms with Crippen molar-refractivity contribution >= 4 is 44.8 Å². The van der Waals surface area contributed by atoms with Crippen molar-refractivity contribution in [3.05, 3.63) is 39.9 Å². The topological polar surface area (TPSA) is 66.5 Å². The van der Waals surface area contributed by atoms with E-state index in [9.17, 15) is 13.2 Å². The van der Waals surface area contributed by atoms with Crippen molar-refractivity contribution in [1.82, 2.24) is 5.32 Å². The number of nitrogens with one attached hydrogen (secondary N) is 1. The molecule has 2 rings (SSSR count). The SMILES string of the molecule is CS(=O)(=O)N(CCCC(=O)NCC1=CCCCC1)c1cc(Cl)ccc1Cl. The maximum atomic E-state index is 12.1. The first kappa shape index (κ1) is 21.1. The maximum Gasteiger partial charge on any atom is 0.232 e. The van der Waals surface area contributed by atoms with E-state index in [1.165, 1.54) is 28.8 Å². The minimum atomic E-state index is -3.54. The van der Waals surface area contributed by atoms with Crippen molar-refractivity contribution < 1.29 is 13.2 Å². The predicted octanol–water partition coefficient (Wildman–Crippen LogP) is 4.16. The standard InChI is InChI=1S/C18H24Cl2N2O3S/c1-26(24,25)22(17-12-15(19)9-10-16(17)20)11-5-8-18(23)21-13-14-6-3-2-4-7-14/h6,9-10,12H,2-5,7-8,11,13H2,1H3,(H,21,23). The number of anilines is 1. The van der Waals surface area contributed by atoms with Crippen LogP contribution in [-0.2, 0) is 14.8 Å². The summed E-state index contributed by atoms with van der Waals surface area (Å²) >= 11 is 12.1. The summed E-state index contributed by atoms with van der Waals surface area (Å²) in [4.78, 5) is 12.0. The fourth-order valence-electron chi connectivity index (χ4n) is 2.89. The number of benzene rings is 1. The van der Waals surface area contributed by atoms with Crippen molar-refractivity contribution in [3.8, 4) is 0 Å². The van der Waals surface area contributed by atoms with Crippen molar-refractivity contribution in [2.75, 3.05) is 23.7 Å². The number of carbonyl (C=O) groups is 1. The van der Waals surface area contributed by atoms with Gasteiger partial charge in [0.25, 0.3) is 0 Å². The van der Waals surface area contributed by atoms with Crippen LogP contribution in [0.4, 0.5) is 5.69 Å². The number of rotatable bonds is 8. The van der Waals surface area contributed by atoms with Crippen LogP contribution in [0.15, 0.2) is 29.8 Å². The highest BCUT2D eigenvalue weighted by Crippen LogP contribution is 2.30. The molecule has 0 radical (unpaired) electrons. The molecule has 1 amide bonds. The second-order valence-corrected chi connectivity index (χ2v) is 9.17. The third kappa shape index (κ3) is 6.49. The van der Waals surface area contributed by atoms with Crippen LogP contribution in [0, 0.1) is 0 Å². The first-order chi connectivity index (χ1) is 12.3. The highest BCUT2D eigenvalue weighted by atomic mass is 35.5. The molecule has 0 bridgehead atoms. The Morgan fingerprint density at radius 1 is 1.27 bits per heavy atom. The molecule has 0 saturated heterocycles. The lowest BCUT2D eigenvalue weighted by Gasteiger charge is -2.23. The molecule has 26 heavy (non-hydrogen) atoms. The van der Waals surface area contributed by atoms with Crippen molar-refractivity contribution in [3.63, 3.8) is 0 Å². The normalized spacial score (nSPS) is 14.7. The number of nitrogens with zero attached hydrogens (tertiary/aromatic N) is 1. The highest BCUT2D eigenvalue weighted by molar-refractivity contribution is 7.92. The molecule has 0 aliphatic heterocycles. The zero-order chi connectivity index (χ0) is 19.2. The zero-order valence-electron chi connectivity index (χ0n) is 14.8. The van der Waals surface area contributed by atoms with Gasteiger partial charge in [0.1, 0.15) is 0 Å². The monoisotopic (exact) mass is 418 g/mol. The molecule has 0 heterocycles. The number of halogens is 2. The van der Waals surface area contributed by atoms with Crippen LogP contribution in [0.3, 0.4) is 0 Å². The van der Waals surface area contributed by atoms with Gasteiger partial charge in [-0.25, -0.2) is 8.42 Å². The van der Waals surface area contributed by atoms with Crippen molar-refractivity contribution in [1.29, 1.82) is 0 Å². The van der Waals surface area contributed by atoms with Gasteiger partial charge in [-0.2, -0.15) is 0 Å². The molecule has 1 aliphatic carbocycles. The molecular weight excluding hydrogens is 395 g/mol. The summed E-state index contributed by atoms with van der Waals surface area (Å²) in [5, 5.41) is 3.60. The maximum absolute atomic E-state index is 12.1. The summed E-state index contributed by atoms with van der Waals surface area (Å²) < 4.78 is 25.4. The fraction of sp³-hybridized carbons (Fsp3) is 0.500. The van der Waals surface area contributed by atoms with Crippen LogP contribution in [0.25, 0.3) is 0 Å². The molecule has 0 spiro atoms. The molecule has 1 aliphatic rings. The van der Waals surface area contributed by atoms with Gasteiger partial charge in [0.05, 0.1) is 17.0 Å². The van der Waals surface area contributed by atoms with Gasteiger partial charge in [0.2, 0.25) is 15.9 Å². The summed E-state index contributed by atoms with van der Waals surface area (Å²) in [7, 11) is -3.54. The lowest BCUT2D eigenvalue weighted by molar-refractivity contribution is -0.120. The summed E-state index contributed by atoms with van der Waals surface area (Å²) in [6, 6.07) is 4.67. The largest absolute Gasteiger partial charge is 0.352 e. The summed E-state index contributed by atoms with van der Waals surface area (Å²) in [6.07, 6.45) is 8.44. The third-order valence-corrected chi connectivity index (χ3v) is 5.97. The Morgan fingerprint density at radius 2 is 2.04 bits per heavy atom. The molecule has 1 N–H and O–H groups in total. The molecule has 0 saturated carbocycles. The van der Waals surface area contributed by atoms with E-state index < -0.39 is 10.0 Å². The van der Waals surface area contributed by atoms with E-state index >= 15 is 0 Å². The minimum Gasteiger partial charge on any atom is -0.352 e. The lowest BCUT2D eigenvalue weighted by Crippen LogP contribution is -2.32. The molecule has 0 unspecified atom stereocenters. The van der Waals surface area contributed by atoms with E-state index in [1.54, 1.807) is 12.1 Å². The average molecular weight is 419 g/mol. The van der Waals surface area contributed by atoms with Crippen molar-refractivity contribution in [2.24, 2.45) is 0 Å². The molecule has 1 aromatic rings. The Kier molecular flexibility index (Phi) is 7.80. The molecule has 0 aromatic heterocycles. The van der Waals surface area contributed by atoms with Gasteiger partial charge in [-0.05, 0) is 50.3 Å². The van der Waals surface area contributed by atoms with Crippen LogP contribution in [0.1, 0.15) is 38.5 Å². The lowest BCUT2D eigenvalue weighted by atomic mass is 10.00. The van der Waals surface area contributed by atoms with Gasteiger partial charge in [-0.15, -0.1) is 0 Å². The van der Waals surface area contributed by atoms with Gasteiger partial charge in [-0.3, -0.25) is 9.10 Å². The van der Waals surface area contributed by atoms with Crippen LogP contribution in [-0.4, -0.2) is 33.7 Å². The Hall–Kier alpha value is -1.24. The first-order valence-electron chi connectivity index (χ1n) is 8.65. The Morgan fingerprint density at radius 3 is 2.69 bits per heavy atom. The summed E-state index contributed by atoms with van der Waals surface area (Å²) in [5.74, 6) is -0.0814. The molecule has 1 aromatic carbocycles. The van der Waals surface area contributed by atoms with E-state index in [4.69, 9.17) is 23.2 Å². The van der Waals surface area contributed by atoms with Gasteiger partial charge in [-0.1, -0.05) is 34.9 Å². The van der Waals surface area contributed by atoms with E-state index in [0.29, 0.717) is 28.7 Å². The molecule has 0 atom stereocenters. The minimum absolute atomic E-state index is 0.0814. The molecule has 8 heteroatoms. The van der Waals surface area contributed by atoms with Crippen LogP contribution in [0.2, 0.25) is 10.0 Å². The molecule has 0 fully saturated rings. The number of hydrogen-bond donors (Lipinski definition) is 1. The second kappa shape index (κ2) is 9.62. The van der Waals surface area contributed by atoms with Gasteiger partial charge in [0, 0.05) is 24.5 Å². The predicted molar refractivity (Wildman–Crippen MR) is 107 cm³/mol. The quantitative estimate of drug-likeness (QED) is 0.644. The van der Waals surface area contributed by atoms with E-state index in [2.05, 4.69) is 11.4 Å². The number of sulfonamides is 1. The Labute approximate surface area is 165 Å². The van der Waals surface area contributed by atoms with Gasteiger partial charge < -0.3 is 5.32 Å². The van der Waals surface area contributed by atoms with Crippen LogP contribution >= 0.6 is 23.2 Å². The number of carbonyl (C=O) groups excluding carboxylic acids is 1. The molecular formula is C18H24Cl2N2O3S. The van der Waals surface area contributed by atoms with Gasteiger partial charge >= 0.3 is 0 Å². The average Bonchev–Trinajstić information content (AvgIpc) is 2.59. The Balaban J connectivity index is 1.90. The number of hydrogen-bond acceptors (Lipinski definition) is 3. The molecule has 144 valence electrons. The molecule has 5 nitrogen and oxygen atoms in total. The fourth-order valence-corrected chi connectivity index (χ4v) is 4.30. The van der Waals surface area contributed by atoms with Crippen LogP contribution in [0.5, 0.6) is 0 Å². The summed E-state index contributed by atoms with van der Waals surface area (Å²) in [5.41, 5.74) is 1.60. The van der Waals surface area contributed by atoms with E-state index in [1.807, 2.05) is 0 Å². The van der Waals surface area contributed by atoms with Crippen molar-refractivity contribution in [2.45, 2.75) is 38.5 Å². The highest BCUT2D eigenvalue weighted by Gasteiger charge is 2.20. The van der Waals surface area contributed by atoms with Gasteiger partial charge in [0.15, 0.2) is 0 Å². The smallest absolute Gasteiger partial charge is 0.232 e. The summed E-state index contributed by atoms with van der Waals surface area (Å²) in [6.45, 7) is 0.740. The second-order valence-electron chi connectivity index (χ2n) is 6.42. The first-order valence-corrected chi connectivity index (χ1v) is 11.2. The van der Waals surface area contributed by atoms with E-state index in [0.717, 1.165) is 19.1 Å². The Bertz CT molecular complexity index is 779. The third-order valence-electron chi connectivity index (χ3n) is 4.24. The van der Waals surface area contributed by atoms with E-state index in [-0.39, 0.29) is 18.9 Å². The zero-order valence-corrected chi connectivity index (χ0v) is 17.1. The van der Waals surface area contributed by atoms with Crippen LogP contribution < -0.4 is 9.62 Å².